The van der Waals surface area contributed by atoms with Crippen LogP contribution < -0.4 is 5.73 Å². The van der Waals surface area contributed by atoms with Crippen molar-refractivity contribution < 1.29 is 4.42 Å². The van der Waals surface area contributed by atoms with Crippen LogP contribution in [0.5, 0.6) is 0 Å². The maximum Gasteiger partial charge on any atom is 0.157 e. The number of rotatable bonds is 1. The largest absolute Gasteiger partial charge is 0.454 e. The van der Waals surface area contributed by atoms with Crippen molar-refractivity contribution in [1.82, 2.24) is 9.38 Å². The van der Waals surface area contributed by atoms with E-state index in [1.54, 1.807) is 0 Å². The van der Waals surface area contributed by atoms with Gasteiger partial charge < -0.3 is 10.2 Å². The first-order valence-corrected chi connectivity index (χ1v) is 6.04. The third-order valence-corrected chi connectivity index (χ3v) is 3.23. The Hall–Kier alpha value is -2.75. The molecule has 2 N–H and O–H groups in total. The number of fused-ring (bicyclic) bond motifs is 2. The van der Waals surface area contributed by atoms with Gasteiger partial charge in [0.2, 0.25) is 0 Å². The summed E-state index contributed by atoms with van der Waals surface area (Å²) in [6.07, 6.45) is 1.89. The number of anilines is 1. The number of nitrogen functional groups attached to an aromatic ring is 1. The van der Waals surface area contributed by atoms with Gasteiger partial charge in [0, 0.05) is 11.6 Å². The minimum atomic E-state index is 0.592. The van der Waals surface area contributed by atoms with Gasteiger partial charge in [-0.25, -0.2) is 4.98 Å². The van der Waals surface area contributed by atoms with Crippen molar-refractivity contribution >= 4 is 22.4 Å². The van der Waals surface area contributed by atoms with Crippen LogP contribution in [0, 0.1) is 0 Å². The van der Waals surface area contributed by atoms with Crippen LogP contribution in [0.1, 0.15) is 0 Å². The smallest absolute Gasteiger partial charge is 0.157 e. The summed E-state index contributed by atoms with van der Waals surface area (Å²) < 4.78 is 7.66. The summed E-state index contributed by atoms with van der Waals surface area (Å²) in [4.78, 5) is 4.52. The van der Waals surface area contributed by atoms with Crippen molar-refractivity contribution in [3.05, 3.63) is 54.7 Å². The van der Waals surface area contributed by atoms with Crippen LogP contribution in [0.15, 0.2) is 59.1 Å². The van der Waals surface area contributed by atoms with Crippen molar-refractivity contribution in [2.24, 2.45) is 0 Å². The van der Waals surface area contributed by atoms with E-state index in [9.17, 15) is 0 Å². The number of nitrogens with zero attached hydrogens (tertiary/aromatic N) is 2. The Morgan fingerprint density at radius 3 is 2.74 bits per heavy atom. The first-order valence-electron chi connectivity index (χ1n) is 6.04. The predicted molar refractivity (Wildman–Crippen MR) is 74.8 cm³/mol. The molecule has 92 valence electrons. The Labute approximate surface area is 109 Å². The van der Waals surface area contributed by atoms with Crippen LogP contribution >= 0.6 is 0 Å². The molecule has 0 bridgehead atoms. The number of benzene rings is 1. The number of aromatic nitrogens is 2. The van der Waals surface area contributed by atoms with E-state index < -0.39 is 0 Å². The molecule has 0 atom stereocenters. The van der Waals surface area contributed by atoms with E-state index in [-0.39, 0.29) is 0 Å². The fourth-order valence-corrected chi connectivity index (χ4v) is 2.29. The standard InChI is InChI=1S/C15H11N3O/c16-15-14(17-13-7-3-4-8-18(13)15)12-9-10-5-1-2-6-11(10)19-12/h1-9H,16H2. The average Bonchev–Trinajstić information content (AvgIpc) is 3.00. The molecule has 4 rings (SSSR count). The van der Waals surface area contributed by atoms with Crippen molar-refractivity contribution in [2.75, 3.05) is 5.73 Å². The molecular formula is C15H11N3O. The summed E-state index contributed by atoms with van der Waals surface area (Å²) >= 11 is 0. The third-order valence-electron chi connectivity index (χ3n) is 3.23. The molecule has 0 aliphatic heterocycles. The van der Waals surface area contributed by atoms with Crippen LogP contribution in [0.3, 0.4) is 0 Å². The van der Waals surface area contributed by atoms with Gasteiger partial charge in [0.25, 0.3) is 0 Å². The minimum Gasteiger partial charge on any atom is -0.454 e. The van der Waals surface area contributed by atoms with Gasteiger partial charge >= 0.3 is 0 Å². The van der Waals surface area contributed by atoms with E-state index in [1.807, 2.05) is 59.1 Å². The molecule has 4 heteroatoms. The van der Waals surface area contributed by atoms with E-state index in [1.165, 1.54) is 0 Å². The normalized spacial score (nSPS) is 11.4. The zero-order valence-corrected chi connectivity index (χ0v) is 10.1. The highest BCUT2D eigenvalue weighted by molar-refractivity contribution is 5.84. The summed E-state index contributed by atoms with van der Waals surface area (Å²) in [5.41, 5.74) is 8.47. The highest BCUT2D eigenvalue weighted by Crippen LogP contribution is 2.31. The molecule has 0 saturated carbocycles. The molecule has 1 aromatic carbocycles. The number of imidazole rings is 1. The molecule has 0 saturated heterocycles. The number of para-hydroxylation sites is 1. The fraction of sp³-hybridized carbons (Fsp3) is 0. The molecule has 0 aliphatic rings. The van der Waals surface area contributed by atoms with Crippen LogP contribution in [-0.4, -0.2) is 9.38 Å². The van der Waals surface area contributed by atoms with Gasteiger partial charge in [-0.05, 0) is 24.3 Å². The van der Waals surface area contributed by atoms with Gasteiger partial charge in [-0.15, -0.1) is 0 Å². The molecule has 0 radical (unpaired) electrons. The van der Waals surface area contributed by atoms with Gasteiger partial charge in [-0.1, -0.05) is 24.3 Å². The van der Waals surface area contributed by atoms with Crippen LogP contribution in [0.25, 0.3) is 28.1 Å². The van der Waals surface area contributed by atoms with E-state index in [0.717, 1.165) is 16.6 Å². The predicted octanol–water partition coefficient (Wildman–Crippen LogP) is 3.33. The molecule has 0 unspecified atom stereocenters. The van der Waals surface area contributed by atoms with Gasteiger partial charge in [0.05, 0.1) is 0 Å². The number of hydrogen-bond donors (Lipinski definition) is 1. The second-order valence-electron chi connectivity index (χ2n) is 4.42. The van der Waals surface area contributed by atoms with E-state index in [0.29, 0.717) is 17.3 Å². The number of furan rings is 1. The second kappa shape index (κ2) is 3.62. The molecule has 0 aliphatic carbocycles. The molecule has 3 aromatic heterocycles. The molecule has 4 nitrogen and oxygen atoms in total. The molecular weight excluding hydrogens is 238 g/mol. The summed E-state index contributed by atoms with van der Waals surface area (Å²) in [6.45, 7) is 0. The van der Waals surface area contributed by atoms with Gasteiger partial charge in [0.15, 0.2) is 5.76 Å². The summed E-state index contributed by atoms with van der Waals surface area (Å²) in [5.74, 6) is 1.29. The maximum atomic E-state index is 6.13. The SMILES string of the molecule is Nc1c(-c2cc3ccccc3o2)nc2ccccn12. The lowest BCUT2D eigenvalue weighted by atomic mass is 10.2. The Morgan fingerprint density at radius 1 is 1.05 bits per heavy atom. The molecule has 19 heavy (non-hydrogen) atoms. The minimum absolute atomic E-state index is 0.592. The Morgan fingerprint density at radius 2 is 1.89 bits per heavy atom. The Bertz CT molecular complexity index is 856. The fourth-order valence-electron chi connectivity index (χ4n) is 2.29. The maximum absolute atomic E-state index is 6.13. The van der Waals surface area contributed by atoms with E-state index in [2.05, 4.69) is 4.98 Å². The van der Waals surface area contributed by atoms with Gasteiger partial charge in [-0.3, -0.25) is 4.40 Å². The monoisotopic (exact) mass is 249 g/mol. The van der Waals surface area contributed by atoms with Gasteiger partial charge in [0.1, 0.15) is 22.7 Å². The van der Waals surface area contributed by atoms with E-state index in [4.69, 9.17) is 10.2 Å². The molecule has 4 aromatic rings. The average molecular weight is 249 g/mol. The highest BCUT2D eigenvalue weighted by Gasteiger charge is 2.14. The van der Waals surface area contributed by atoms with Crippen LogP contribution in [0.2, 0.25) is 0 Å². The number of nitrogens with two attached hydrogens (primary N) is 1. The van der Waals surface area contributed by atoms with Gasteiger partial charge in [-0.2, -0.15) is 0 Å². The van der Waals surface area contributed by atoms with Crippen molar-refractivity contribution in [3.8, 4) is 11.5 Å². The summed E-state index contributed by atoms with van der Waals surface area (Å²) in [7, 11) is 0. The summed E-state index contributed by atoms with van der Waals surface area (Å²) in [6, 6.07) is 15.6. The van der Waals surface area contributed by atoms with Crippen molar-refractivity contribution in [1.29, 1.82) is 0 Å². The first-order chi connectivity index (χ1) is 9.33. The van der Waals surface area contributed by atoms with Crippen LogP contribution in [-0.2, 0) is 0 Å². The lowest BCUT2D eigenvalue weighted by Crippen LogP contribution is -1.92. The van der Waals surface area contributed by atoms with Crippen LogP contribution in [0.4, 0.5) is 5.82 Å². The Balaban J connectivity index is 2.01. The third kappa shape index (κ3) is 1.43. The molecule has 0 amide bonds. The first kappa shape index (κ1) is 10.2. The highest BCUT2D eigenvalue weighted by atomic mass is 16.3. The number of hydrogen-bond acceptors (Lipinski definition) is 3. The number of pyridine rings is 1. The lowest BCUT2D eigenvalue weighted by Gasteiger charge is -1.94. The molecule has 0 fully saturated rings. The van der Waals surface area contributed by atoms with E-state index >= 15 is 0 Å². The quantitative estimate of drug-likeness (QED) is 0.563. The molecule has 0 spiro atoms. The summed E-state index contributed by atoms with van der Waals surface area (Å²) in [5, 5.41) is 1.05. The topological polar surface area (TPSA) is 56.5 Å². The zero-order chi connectivity index (χ0) is 12.8. The van der Waals surface area contributed by atoms with Crippen molar-refractivity contribution in [3.63, 3.8) is 0 Å². The lowest BCUT2D eigenvalue weighted by molar-refractivity contribution is 0.629. The second-order valence-corrected chi connectivity index (χ2v) is 4.42. The zero-order valence-electron chi connectivity index (χ0n) is 10.1. The molecule has 3 heterocycles. The Kier molecular flexibility index (Phi) is 1.94. The van der Waals surface area contributed by atoms with Crippen molar-refractivity contribution in [2.45, 2.75) is 0 Å².